The van der Waals surface area contributed by atoms with Gasteiger partial charge in [-0.1, -0.05) is 13.8 Å². The molecule has 0 N–H and O–H groups in total. The maximum absolute atomic E-state index is 8.00. The highest BCUT2D eigenvalue weighted by Gasteiger charge is 2.38. The van der Waals surface area contributed by atoms with Crippen LogP contribution >= 0.6 is 12.2 Å². The fourth-order valence-corrected chi connectivity index (χ4v) is 2.73. The van der Waals surface area contributed by atoms with E-state index >= 15 is 0 Å². The molecule has 2 aliphatic rings. The van der Waals surface area contributed by atoms with Crippen molar-refractivity contribution in [1.29, 1.82) is 0 Å². The van der Waals surface area contributed by atoms with Crippen LogP contribution in [-0.4, -0.2) is 36.9 Å². The molecule has 4 atom stereocenters. The van der Waals surface area contributed by atoms with Crippen molar-refractivity contribution < 1.29 is 20.3 Å². The Morgan fingerprint density at radius 2 is 2.40 bits per heavy atom. The molecule has 2 fully saturated rings. The molecule has 2 unspecified atom stereocenters. The summed E-state index contributed by atoms with van der Waals surface area (Å²) >= 11 is 4.93. The summed E-state index contributed by atoms with van der Waals surface area (Å²) in [6.45, 7) is 5.85. The third-order valence-electron chi connectivity index (χ3n) is 4.01. The van der Waals surface area contributed by atoms with Gasteiger partial charge in [-0.2, -0.15) is 0 Å². The van der Waals surface area contributed by atoms with Gasteiger partial charge in [-0.05, 0) is 44.4 Å². The molecular weight excluding hydrogens is 276 g/mol. The summed E-state index contributed by atoms with van der Waals surface area (Å²) in [6, 6.07) is 0. The molecule has 20 heavy (non-hydrogen) atoms. The predicted octanol–water partition coefficient (Wildman–Crippen LogP) is 3.43. The third-order valence-corrected chi connectivity index (χ3v) is 4.21. The molecule has 2 heterocycles. The molecule has 0 radical (unpaired) electrons. The largest absolute Gasteiger partial charge is 0.453 e. The topological polar surface area (TPSA) is 36.9 Å². The second kappa shape index (κ2) is 7.57. The summed E-state index contributed by atoms with van der Waals surface area (Å²) in [5.74, 6) is 0.393. The van der Waals surface area contributed by atoms with Gasteiger partial charge in [0.1, 0.15) is 12.2 Å². The van der Waals surface area contributed by atoms with Crippen molar-refractivity contribution in [3.8, 4) is 0 Å². The zero-order chi connectivity index (χ0) is 15.3. The van der Waals surface area contributed by atoms with Gasteiger partial charge in [-0.15, -0.1) is 0 Å². The first kappa shape index (κ1) is 14.5. The lowest BCUT2D eigenvalue weighted by Crippen LogP contribution is -2.32. The van der Waals surface area contributed by atoms with Gasteiger partial charge in [0, 0.05) is 20.2 Å². The van der Waals surface area contributed by atoms with Crippen LogP contribution in [0.5, 0.6) is 0 Å². The van der Waals surface area contributed by atoms with Crippen LogP contribution in [0.3, 0.4) is 0 Å². The molecule has 2 aliphatic heterocycles. The van der Waals surface area contributed by atoms with Gasteiger partial charge in [-0.3, -0.25) is 0 Å². The highest BCUT2D eigenvalue weighted by Crippen LogP contribution is 2.30. The number of hydrogen-bond acceptors (Lipinski definition) is 5. The van der Waals surface area contributed by atoms with Crippen molar-refractivity contribution in [3.63, 3.8) is 0 Å². The molecular formula is C15H26O4S. The van der Waals surface area contributed by atoms with E-state index in [4.69, 9.17) is 32.5 Å². The Morgan fingerprint density at radius 1 is 1.55 bits per heavy atom. The van der Waals surface area contributed by atoms with E-state index in [1.54, 1.807) is 0 Å². The minimum Gasteiger partial charge on any atom is -0.453 e. The molecule has 0 aliphatic carbocycles. The SMILES string of the molecule is [2H]C(C)[C@@]1(CC[C@@H](C)COC2CCCCO2)COC(=S)O1. The Balaban J connectivity index is 1.71. The van der Waals surface area contributed by atoms with E-state index in [1.165, 1.54) is 6.42 Å². The quantitative estimate of drug-likeness (QED) is 0.674. The molecule has 4 nitrogen and oxygen atoms in total. The van der Waals surface area contributed by atoms with E-state index in [2.05, 4.69) is 6.92 Å². The first-order valence-electron chi connectivity index (χ1n) is 8.11. The first-order valence-corrected chi connectivity index (χ1v) is 7.94. The average molecular weight is 303 g/mol. The van der Waals surface area contributed by atoms with E-state index in [0.29, 0.717) is 19.1 Å². The molecule has 0 bridgehead atoms. The summed E-state index contributed by atoms with van der Waals surface area (Å²) in [5.41, 5.74) is -0.591. The maximum Gasteiger partial charge on any atom is 0.353 e. The molecule has 0 spiro atoms. The van der Waals surface area contributed by atoms with Crippen LogP contribution in [-0.2, 0) is 18.9 Å². The Kier molecular flexibility index (Phi) is 5.51. The van der Waals surface area contributed by atoms with Crippen molar-refractivity contribution in [2.45, 2.75) is 64.2 Å². The first-order chi connectivity index (χ1) is 10.0. The molecule has 0 aromatic rings. The van der Waals surface area contributed by atoms with Crippen LogP contribution in [0.4, 0.5) is 0 Å². The van der Waals surface area contributed by atoms with Gasteiger partial charge < -0.3 is 18.9 Å². The predicted molar refractivity (Wildman–Crippen MR) is 80.6 cm³/mol. The van der Waals surface area contributed by atoms with Crippen molar-refractivity contribution in [2.75, 3.05) is 19.8 Å². The molecule has 5 heteroatoms. The number of thiocarbonyl (C=S) groups is 1. The summed E-state index contributed by atoms with van der Waals surface area (Å²) < 4.78 is 30.2. The van der Waals surface area contributed by atoms with Gasteiger partial charge >= 0.3 is 5.24 Å². The highest BCUT2D eigenvalue weighted by atomic mass is 32.1. The second-order valence-electron chi connectivity index (χ2n) is 5.77. The molecule has 0 amide bonds. The monoisotopic (exact) mass is 303 g/mol. The average Bonchev–Trinajstić information content (AvgIpc) is 2.87. The molecule has 2 rings (SSSR count). The van der Waals surface area contributed by atoms with E-state index in [-0.39, 0.29) is 17.9 Å². The van der Waals surface area contributed by atoms with Gasteiger partial charge in [0.2, 0.25) is 0 Å². The summed E-state index contributed by atoms with van der Waals surface area (Å²) in [4.78, 5) is 0. The zero-order valence-electron chi connectivity index (χ0n) is 13.4. The third kappa shape index (κ3) is 4.57. The Hall–Kier alpha value is -0.390. The molecule has 0 aromatic heterocycles. The summed E-state index contributed by atoms with van der Waals surface area (Å²) in [6.07, 6.45) is 4.58. The number of hydrogen-bond donors (Lipinski definition) is 0. The smallest absolute Gasteiger partial charge is 0.353 e. The molecule has 2 saturated heterocycles. The fourth-order valence-electron chi connectivity index (χ4n) is 2.50. The highest BCUT2D eigenvalue weighted by molar-refractivity contribution is 7.79. The van der Waals surface area contributed by atoms with Gasteiger partial charge in [0.15, 0.2) is 6.29 Å². The normalized spacial score (nSPS) is 34.0. The lowest BCUT2D eigenvalue weighted by atomic mass is 9.91. The van der Waals surface area contributed by atoms with Crippen LogP contribution < -0.4 is 0 Å². The standard InChI is InChI=1S/C15H26O4S/c1-3-15(11-18-14(20)19-15)8-7-12(2)10-17-13-6-4-5-9-16-13/h12-13H,3-11H2,1-2H3/t12-,13?,15-/m1/s1/i3D/t3?,12-,13?,15-. The molecule has 116 valence electrons. The van der Waals surface area contributed by atoms with Gasteiger partial charge in [-0.25, -0.2) is 0 Å². The Bertz CT molecular complexity index is 347. The van der Waals surface area contributed by atoms with Crippen molar-refractivity contribution in [1.82, 2.24) is 0 Å². The van der Waals surface area contributed by atoms with Crippen molar-refractivity contribution in [2.24, 2.45) is 5.92 Å². The fraction of sp³-hybridized carbons (Fsp3) is 0.933. The summed E-state index contributed by atoms with van der Waals surface area (Å²) in [5, 5.41) is 0.175. The lowest BCUT2D eigenvalue weighted by molar-refractivity contribution is -0.168. The minimum absolute atomic E-state index is 0.0381. The van der Waals surface area contributed by atoms with Crippen LogP contribution in [0, 0.1) is 5.92 Å². The zero-order valence-corrected chi connectivity index (χ0v) is 13.2. The molecule has 0 saturated carbocycles. The van der Waals surface area contributed by atoms with Crippen LogP contribution in [0.25, 0.3) is 0 Å². The van der Waals surface area contributed by atoms with E-state index < -0.39 is 5.60 Å². The van der Waals surface area contributed by atoms with Crippen molar-refractivity contribution in [3.05, 3.63) is 0 Å². The Morgan fingerprint density at radius 3 is 3.00 bits per heavy atom. The van der Waals surface area contributed by atoms with Crippen molar-refractivity contribution >= 4 is 17.5 Å². The summed E-state index contributed by atoms with van der Waals surface area (Å²) in [7, 11) is 0. The van der Waals surface area contributed by atoms with E-state index in [1.807, 2.05) is 6.92 Å². The molecule has 0 aromatic carbocycles. The van der Waals surface area contributed by atoms with Gasteiger partial charge in [0.25, 0.3) is 0 Å². The number of ether oxygens (including phenoxy) is 4. The van der Waals surface area contributed by atoms with Crippen LogP contribution in [0.1, 0.15) is 53.7 Å². The Labute approximate surface area is 128 Å². The second-order valence-corrected chi connectivity index (χ2v) is 6.10. The van der Waals surface area contributed by atoms with Crippen LogP contribution in [0.15, 0.2) is 0 Å². The maximum atomic E-state index is 8.00. The van der Waals surface area contributed by atoms with E-state index in [9.17, 15) is 0 Å². The number of rotatable bonds is 7. The minimum atomic E-state index is -0.591. The van der Waals surface area contributed by atoms with E-state index in [0.717, 1.165) is 32.3 Å². The van der Waals surface area contributed by atoms with Crippen LogP contribution in [0.2, 0.25) is 0 Å². The lowest BCUT2D eigenvalue weighted by Gasteiger charge is -2.27. The van der Waals surface area contributed by atoms with Gasteiger partial charge in [0.05, 0.1) is 6.61 Å².